The van der Waals surface area contributed by atoms with Crippen LogP contribution in [0.4, 0.5) is 0 Å². The summed E-state index contributed by atoms with van der Waals surface area (Å²) in [6, 6.07) is 10.1. The number of hydrogen-bond acceptors (Lipinski definition) is 3. The predicted octanol–water partition coefficient (Wildman–Crippen LogP) is 3.75. The van der Waals surface area contributed by atoms with Crippen LogP contribution in [0.3, 0.4) is 0 Å². The third-order valence-corrected chi connectivity index (χ3v) is 3.20. The fourth-order valence-corrected chi connectivity index (χ4v) is 2.08. The topological polar surface area (TPSA) is 48.4 Å². The van der Waals surface area contributed by atoms with Crippen LogP contribution in [0.2, 0.25) is 0 Å². The Morgan fingerprint density at radius 2 is 2.00 bits per heavy atom. The Morgan fingerprint density at radius 3 is 2.63 bits per heavy atom. The van der Waals surface area contributed by atoms with Gasteiger partial charge in [-0.25, -0.2) is 0 Å². The van der Waals surface area contributed by atoms with Gasteiger partial charge in [-0.15, -0.1) is 0 Å². The molecule has 0 aliphatic carbocycles. The number of nitrogens with two attached hydrogens (primary N) is 1. The monoisotopic (exact) mass is 259 g/mol. The molecule has 0 bridgehead atoms. The average molecular weight is 259 g/mol. The molecule has 102 valence electrons. The summed E-state index contributed by atoms with van der Waals surface area (Å²) in [5.74, 6) is 3.06. The second kappa shape index (κ2) is 5.93. The highest BCUT2D eigenvalue weighted by Gasteiger charge is 2.10. The van der Waals surface area contributed by atoms with E-state index in [1.807, 2.05) is 31.2 Å². The second-order valence-corrected chi connectivity index (χ2v) is 4.98. The van der Waals surface area contributed by atoms with Gasteiger partial charge in [0.25, 0.3) is 0 Å². The van der Waals surface area contributed by atoms with Gasteiger partial charge in [0, 0.05) is 5.56 Å². The number of aryl methyl sites for hydroxylation is 1. The van der Waals surface area contributed by atoms with Crippen molar-refractivity contribution in [2.75, 3.05) is 0 Å². The SMILES string of the molecule is Cc1oc(CN)cc1COc1ccccc1C(C)C. The highest BCUT2D eigenvalue weighted by atomic mass is 16.5. The molecule has 0 unspecified atom stereocenters. The van der Waals surface area contributed by atoms with E-state index in [0.717, 1.165) is 22.8 Å². The highest BCUT2D eigenvalue weighted by Crippen LogP contribution is 2.27. The van der Waals surface area contributed by atoms with Crippen molar-refractivity contribution in [1.82, 2.24) is 0 Å². The lowest BCUT2D eigenvalue weighted by Gasteiger charge is -2.13. The van der Waals surface area contributed by atoms with Crippen molar-refractivity contribution in [1.29, 1.82) is 0 Å². The molecule has 0 spiro atoms. The Labute approximate surface area is 114 Å². The molecule has 0 radical (unpaired) electrons. The lowest BCUT2D eigenvalue weighted by atomic mass is 10.0. The summed E-state index contributed by atoms with van der Waals surface area (Å²) in [4.78, 5) is 0. The first kappa shape index (κ1) is 13.7. The Kier molecular flexibility index (Phi) is 4.27. The number of para-hydroxylation sites is 1. The molecule has 2 aromatic rings. The zero-order chi connectivity index (χ0) is 13.8. The van der Waals surface area contributed by atoms with E-state index >= 15 is 0 Å². The quantitative estimate of drug-likeness (QED) is 0.889. The molecule has 2 N–H and O–H groups in total. The molecule has 0 saturated carbocycles. The summed E-state index contributed by atoms with van der Waals surface area (Å²) >= 11 is 0. The highest BCUT2D eigenvalue weighted by molar-refractivity contribution is 5.36. The molecule has 0 amide bonds. The van der Waals surface area contributed by atoms with E-state index in [1.165, 1.54) is 5.56 Å². The Balaban J connectivity index is 2.12. The molecule has 19 heavy (non-hydrogen) atoms. The molecule has 3 heteroatoms. The van der Waals surface area contributed by atoms with Crippen LogP contribution in [-0.2, 0) is 13.2 Å². The van der Waals surface area contributed by atoms with Gasteiger partial charge in [0.1, 0.15) is 23.9 Å². The summed E-state index contributed by atoms with van der Waals surface area (Å²) in [7, 11) is 0. The average Bonchev–Trinajstić information content (AvgIpc) is 2.77. The minimum atomic E-state index is 0.420. The Hall–Kier alpha value is -1.74. The fraction of sp³-hybridized carbons (Fsp3) is 0.375. The van der Waals surface area contributed by atoms with E-state index in [9.17, 15) is 0 Å². The van der Waals surface area contributed by atoms with E-state index in [4.69, 9.17) is 14.9 Å². The third-order valence-electron chi connectivity index (χ3n) is 3.20. The molecule has 0 saturated heterocycles. The van der Waals surface area contributed by atoms with Gasteiger partial charge in [-0.05, 0) is 30.5 Å². The fourth-order valence-electron chi connectivity index (χ4n) is 2.08. The van der Waals surface area contributed by atoms with Gasteiger partial charge >= 0.3 is 0 Å². The minimum absolute atomic E-state index is 0.420. The van der Waals surface area contributed by atoms with Gasteiger partial charge in [-0.2, -0.15) is 0 Å². The first-order valence-electron chi connectivity index (χ1n) is 6.61. The minimum Gasteiger partial charge on any atom is -0.488 e. The third kappa shape index (κ3) is 3.18. The molecule has 2 rings (SSSR count). The zero-order valence-electron chi connectivity index (χ0n) is 11.8. The summed E-state index contributed by atoms with van der Waals surface area (Å²) in [6.07, 6.45) is 0. The van der Waals surface area contributed by atoms with E-state index in [2.05, 4.69) is 19.9 Å². The van der Waals surface area contributed by atoms with Crippen LogP contribution in [-0.4, -0.2) is 0 Å². The van der Waals surface area contributed by atoms with Crippen molar-refractivity contribution in [3.05, 3.63) is 53.0 Å². The van der Waals surface area contributed by atoms with E-state index < -0.39 is 0 Å². The first-order chi connectivity index (χ1) is 9.11. The largest absolute Gasteiger partial charge is 0.488 e. The van der Waals surface area contributed by atoms with Crippen LogP contribution in [0.25, 0.3) is 0 Å². The van der Waals surface area contributed by atoms with Crippen molar-refractivity contribution in [3.8, 4) is 5.75 Å². The summed E-state index contributed by atoms with van der Waals surface area (Å²) in [6.45, 7) is 7.20. The number of benzene rings is 1. The van der Waals surface area contributed by atoms with Crippen molar-refractivity contribution >= 4 is 0 Å². The Bertz CT molecular complexity index is 543. The summed E-state index contributed by atoms with van der Waals surface area (Å²) in [5.41, 5.74) is 7.85. The van der Waals surface area contributed by atoms with Gasteiger partial charge in [0.2, 0.25) is 0 Å². The number of rotatable bonds is 5. The van der Waals surface area contributed by atoms with Gasteiger partial charge in [0.05, 0.1) is 6.54 Å². The van der Waals surface area contributed by atoms with Crippen LogP contribution < -0.4 is 10.5 Å². The molecule has 0 aliphatic rings. The molecule has 1 aromatic heterocycles. The van der Waals surface area contributed by atoms with Crippen molar-refractivity contribution in [2.24, 2.45) is 5.73 Å². The maximum atomic E-state index is 5.92. The number of furan rings is 1. The van der Waals surface area contributed by atoms with Gasteiger partial charge < -0.3 is 14.9 Å². The lowest BCUT2D eigenvalue weighted by Crippen LogP contribution is -2.00. The van der Waals surface area contributed by atoms with Crippen LogP contribution in [0.15, 0.2) is 34.7 Å². The van der Waals surface area contributed by atoms with Gasteiger partial charge in [-0.1, -0.05) is 32.0 Å². The standard InChI is InChI=1S/C16H21NO2/c1-11(2)15-6-4-5-7-16(15)18-10-13-8-14(9-17)19-12(13)3/h4-8,11H,9-10,17H2,1-3H3. The molecular formula is C16H21NO2. The van der Waals surface area contributed by atoms with Crippen LogP contribution >= 0.6 is 0 Å². The van der Waals surface area contributed by atoms with Gasteiger partial charge in [0.15, 0.2) is 0 Å². The lowest BCUT2D eigenvalue weighted by molar-refractivity contribution is 0.298. The van der Waals surface area contributed by atoms with E-state index in [-0.39, 0.29) is 0 Å². The molecule has 0 atom stereocenters. The maximum Gasteiger partial charge on any atom is 0.123 e. The van der Waals surface area contributed by atoms with Crippen molar-refractivity contribution < 1.29 is 9.15 Å². The van der Waals surface area contributed by atoms with Crippen LogP contribution in [0.5, 0.6) is 5.75 Å². The molecule has 3 nitrogen and oxygen atoms in total. The van der Waals surface area contributed by atoms with E-state index in [1.54, 1.807) is 0 Å². The number of hydrogen-bond donors (Lipinski definition) is 1. The smallest absolute Gasteiger partial charge is 0.123 e. The summed E-state index contributed by atoms with van der Waals surface area (Å²) < 4.78 is 11.4. The Morgan fingerprint density at radius 1 is 1.26 bits per heavy atom. The van der Waals surface area contributed by atoms with Crippen LogP contribution in [0.1, 0.15) is 42.4 Å². The first-order valence-corrected chi connectivity index (χ1v) is 6.61. The zero-order valence-corrected chi connectivity index (χ0v) is 11.8. The molecule has 0 aliphatic heterocycles. The molecular weight excluding hydrogens is 238 g/mol. The van der Waals surface area contributed by atoms with Gasteiger partial charge in [-0.3, -0.25) is 0 Å². The van der Waals surface area contributed by atoms with Crippen molar-refractivity contribution in [3.63, 3.8) is 0 Å². The van der Waals surface area contributed by atoms with Crippen molar-refractivity contribution in [2.45, 2.75) is 39.8 Å². The molecule has 1 heterocycles. The number of ether oxygens (including phenoxy) is 1. The normalized spacial score (nSPS) is 11.0. The predicted molar refractivity (Wildman–Crippen MR) is 76.2 cm³/mol. The van der Waals surface area contributed by atoms with Crippen LogP contribution in [0, 0.1) is 6.92 Å². The summed E-state index contributed by atoms with van der Waals surface area (Å²) in [5, 5.41) is 0. The molecule has 0 fully saturated rings. The van der Waals surface area contributed by atoms with E-state index in [0.29, 0.717) is 19.1 Å². The second-order valence-electron chi connectivity index (χ2n) is 4.98. The maximum absolute atomic E-state index is 5.92. The molecule has 1 aromatic carbocycles.